The van der Waals surface area contributed by atoms with Crippen molar-refractivity contribution >= 4 is 35.3 Å². The molecule has 0 heterocycles. The summed E-state index contributed by atoms with van der Waals surface area (Å²) in [5.74, 6) is -3.00. The summed E-state index contributed by atoms with van der Waals surface area (Å²) >= 11 is 6.26. The van der Waals surface area contributed by atoms with Gasteiger partial charge in [0.15, 0.2) is 5.78 Å². The number of likely N-dealkylation sites (N-methyl/N-ethyl adjacent to an activating group) is 1. The predicted molar refractivity (Wildman–Crippen MR) is 242 cm³/mol. The fraction of sp³-hybridized carbons (Fsp3) is 0.765. The van der Waals surface area contributed by atoms with Crippen molar-refractivity contribution in [3.63, 3.8) is 0 Å². The van der Waals surface area contributed by atoms with Crippen molar-refractivity contribution in [3.05, 3.63) is 46.0 Å². The Balaban J connectivity index is 0.00000105. The maximum absolute atomic E-state index is 14.4. The molecule has 0 amide bonds. The van der Waals surface area contributed by atoms with Crippen LogP contribution in [-0.2, 0) is 30.5 Å². The van der Waals surface area contributed by atoms with E-state index in [0.29, 0.717) is 36.4 Å². The van der Waals surface area contributed by atoms with Crippen LogP contribution in [0, 0.1) is 56.2 Å². The van der Waals surface area contributed by atoms with Crippen LogP contribution in [0.5, 0.6) is 0 Å². The molecule has 6 rings (SSSR count). The lowest BCUT2D eigenvalue weighted by Crippen LogP contribution is -2.66. The van der Waals surface area contributed by atoms with Gasteiger partial charge in [0.25, 0.3) is 0 Å². The molecular weight excluding hydrogens is 861 g/mol. The Kier molecular flexibility index (Phi) is 15.1. The topological polar surface area (TPSA) is 144 Å². The van der Waals surface area contributed by atoms with Crippen LogP contribution in [0.1, 0.15) is 132 Å². The number of rotatable bonds is 13. The smallest absolute Gasteiger partial charge is 0.430 e. The van der Waals surface area contributed by atoms with Gasteiger partial charge in [-0.1, -0.05) is 77.8 Å². The molecule has 0 saturated heterocycles. The second-order valence-corrected chi connectivity index (χ2v) is 24.2. The summed E-state index contributed by atoms with van der Waals surface area (Å²) < 4.78 is 38.6. The fourth-order valence-corrected chi connectivity index (χ4v) is 14.0. The number of aliphatic hydroxyl groups excluding tert-OH is 1. The van der Waals surface area contributed by atoms with Gasteiger partial charge in [0.05, 0.1) is 45.6 Å². The second kappa shape index (κ2) is 18.5. The largest absolute Gasteiger partial charge is 0.542 e. The minimum atomic E-state index is -5.19. The first-order chi connectivity index (χ1) is 29.7. The average molecular weight is 938 g/mol. The Morgan fingerprint density at radius 3 is 2.06 bits per heavy atom. The Morgan fingerprint density at radius 2 is 1.52 bits per heavy atom. The Labute approximate surface area is 390 Å². The molecule has 0 bridgehead atoms. The molecule has 1 aromatic carbocycles. The summed E-state index contributed by atoms with van der Waals surface area (Å²) in [7, 11) is 6.63. The SMILES string of the molecule is CC(C)C1=C2[C@H]3CC[C@@H]4[C@@]5(C)CC[C@H](OC(=O)CC(C)(C)C(=O)O)C(C)(C)[C@@H]5CC[C@@]4(C)[C@]3(C)CC[C@@]2([C@H](O)CN(CC[N+](C)(C)C)Cc2ccc(Cl)cc2)CC1=O.O=C([O-])C(F)(F)F. The van der Waals surface area contributed by atoms with Gasteiger partial charge in [-0.3, -0.25) is 19.3 Å². The highest BCUT2D eigenvalue weighted by molar-refractivity contribution is 6.30. The molecule has 0 spiro atoms. The minimum Gasteiger partial charge on any atom is -0.542 e. The summed E-state index contributed by atoms with van der Waals surface area (Å²) in [6.45, 7) is 22.7. The van der Waals surface area contributed by atoms with Crippen molar-refractivity contribution in [2.45, 2.75) is 151 Å². The fourth-order valence-electron chi connectivity index (χ4n) is 13.9. The van der Waals surface area contributed by atoms with Crippen molar-refractivity contribution in [1.82, 2.24) is 4.90 Å². The molecule has 1 aromatic rings. The van der Waals surface area contributed by atoms with Crippen LogP contribution in [0.25, 0.3) is 0 Å². The Bertz CT molecular complexity index is 1990. The Morgan fingerprint density at radius 1 is 0.923 bits per heavy atom. The lowest BCUT2D eigenvalue weighted by Gasteiger charge is -2.72. The highest BCUT2D eigenvalue weighted by Crippen LogP contribution is 2.77. The number of carbonyl (C=O) groups is 4. The number of nitrogens with zero attached hydrogens (tertiary/aromatic N) is 2. The lowest BCUT2D eigenvalue weighted by molar-refractivity contribution is -0.869. The van der Waals surface area contributed by atoms with Crippen LogP contribution in [0.3, 0.4) is 0 Å². The second-order valence-electron chi connectivity index (χ2n) is 23.7. The molecular formula is C51H76ClF3N2O8. The molecule has 5 aliphatic rings. The summed E-state index contributed by atoms with van der Waals surface area (Å²) in [6, 6.07) is 8.04. The van der Waals surface area contributed by atoms with Crippen LogP contribution in [-0.4, -0.2) is 102 Å². The number of Topliss-reactive ketones (excluding diaryl/α,β-unsaturated/α-hetero) is 1. The lowest BCUT2D eigenvalue weighted by atomic mass is 9.33. The number of benzene rings is 1. The predicted octanol–water partition coefficient (Wildman–Crippen LogP) is 8.90. The third-order valence-corrected chi connectivity index (χ3v) is 17.8. The molecule has 5 aliphatic carbocycles. The normalized spacial score (nSPS) is 32.7. The molecule has 4 fully saturated rings. The van der Waals surface area contributed by atoms with Crippen LogP contribution < -0.4 is 5.11 Å². The maximum Gasteiger partial charge on any atom is 0.430 e. The molecule has 0 radical (unpaired) electrons. The summed E-state index contributed by atoms with van der Waals surface area (Å²) in [5, 5.41) is 31.9. The molecule has 4 saturated carbocycles. The first kappa shape index (κ1) is 53.0. The summed E-state index contributed by atoms with van der Waals surface area (Å²) in [4.78, 5) is 50.5. The number of carbonyl (C=O) groups excluding carboxylic acids is 3. The molecule has 0 aliphatic heterocycles. The number of allylic oxidation sites excluding steroid dienone is 1. The minimum absolute atomic E-state index is 0.0320. The molecule has 9 atom stereocenters. The van der Waals surface area contributed by atoms with E-state index in [9.17, 15) is 37.8 Å². The third-order valence-electron chi connectivity index (χ3n) is 17.6. The van der Waals surface area contributed by atoms with E-state index in [0.717, 1.165) is 74.5 Å². The summed E-state index contributed by atoms with van der Waals surface area (Å²) in [5.41, 5.74) is 1.55. The number of aliphatic carboxylic acids is 2. The summed E-state index contributed by atoms with van der Waals surface area (Å²) in [6.07, 6.45) is 1.95. The number of halogens is 4. The molecule has 10 nitrogen and oxygen atoms in total. The van der Waals surface area contributed by atoms with Gasteiger partial charge in [-0.15, -0.1) is 0 Å². The molecule has 0 aromatic heterocycles. The highest BCUT2D eigenvalue weighted by atomic mass is 35.5. The number of ether oxygens (including phenoxy) is 1. The molecule has 366 valence electrons. The molecule has 65 heavy (non-hydrogen) atoms. The van der Waals surface area contributed by atoms with E-state index < -0.39 is 41.0 Å². The van der Waals surface area contributed by atoms with Gasteiger partial charge in [-0.2, -0.15) is 13.2 Å². The average Bonchev–Trinajstić information content (AvgIpc) is 3.48. The van der Waals surface area contributed by atoms with E-state index >= 15 is 0 Å². The number of aliphatic hydroxyl groups is 1. The van der Waals surface area contributed by atoms with Crippen molar-refractivity contribution in [1.29, 1.82) is 0 Å². The number of carboxylic acids is 2. The van der Waals surface area contributed by atoms with E-state index in [1.807, 2.05) is 12.1 Å². The maximum atomic E-state index is 14.4. The van der Waals surface area contributed by atoms with Crippen LogP contribution in [0.2, 0.25) is 5.02 Å². The van der Waals surface area contributed by atoms with E-state index in [1.165, 1.54) is 11.1 Å². The number of quaternary nitrogens is 1. The first-order valence-electron chi connectivity index (χ1n) is 23.6. The van der Waals surface area contributed by atoms with E-state index in [1.54, 1.807) is 13.8 Å². The number of ketones is 1. The van der Waals surface area contributed by atoms with Gasteiger partial charge in [-0.25, -0.2) is 0 Å². The Hall–Kier alpha value is -3.00. The van der Waals surface area contributed by atoms with Crippen molar-refractivity contribution in [2.75, 3.05) is 40.8 Å². The zero-order valence-electron chi connectivity index (χ0n) is 40.9. The number of esters is 1. The molecule has 2 N–H and O–H groups in total. The number of hydrogen-bond donors (Lipinski definition) is 2. The number of hydrogen-bond acceptors (Lipinski definition) is 8. The number of alkyl halides is 3. The van der Waals surface area contributed by atoms with E-state index in [-0.39, 0.29) is 51.8 Å². The zero-order valence-corrected chi connectivity index (χ0v) is 41.7. The van der Waals surface area contributed by atoms with E-state index in [4.69, 9.17) is 26.2 Å². The van der Waals surface area contributed by atoms with Gasteiger partial charge in [0.1, 0.15) is 12.1 Å². The number of fused-ring (bicyclic) bond motifs is 7. The molecule has 14 heteroatoms. The van der Waals surface area contributed by atoms with Gasteiger partial charge < -0.3 is 29.3 Å². The highest BCUT2D eigenvalue weighted by Gasteiger charge is 2.71. The van der Waals surface area contributed by atoms with E-state index in [2.05, 4.69) is 86.6 Å². The monoisotopic (exact) mass is 937 g/mol. The van der Waals surface area contributed by atoms with Gasteiger partial charge in [0, 0.05) is 41.9 Å². The zero-order chi connectivity index (χ0) is 49.1. The van der Waals surface area contributed by atoms with Crippen LogP contribution in [0.15, 0.2) is 35.4 Å². The third kappa shape index (κ3) is 10.2. The number of carboxylic acid groups (broad SMARTS) is 2. The molecule has 0 unspecified atom stereocenters. The van der Waals surface area contributed by atoms with Gasteiger partial charge in [-0.05, 0) is 128 Å². The van der Waals surface area contributed by atoms with Crippen LogP contribution >= 0.6 is 11.6 Å². The van der Waals surface area contributed by atoms with Crippen LogP contribution in [0.4, 0.5) is 13.2 Å². The van der Waals surface area contributed by atoms with Crippen molar-refractivity contribution in [3.8, 4) is 0 Å². The van der Waals surface area contributed by atoms with Gasteiger partial charge in [0.2, 0.25) is 0 Å². The quantitative estimate of drug-likeness (QED) is 0.146. The standard InChI is InChI=1S/C49H75ClN2O6.C2HF3O2/c1-31(2)41-35(53)27-49(38(54)30-51(25-26-52(10,11)12)29-32-13-15-33(50)16-14-32)24-23-47(8)34(42(41)49)17-18-37-46(7)21-20-39(58-40(55)28-44(3,4)43(56)57)45(5,6)36(46)19-22-48(37,47)9;3-2(4,5)1(6)7/h13-16,31,34,36-39,54H,17-30H2,1-12H3;(H,6,7)/t34-,36+,37-,38-,39+,46+,47-,48-,49+;/m1./s1. The first-order valence-corrected chi connectivity index (χ1v) is 24.0. The van der Waals surface area contributed by atoms with Crippen molar-refractivity contribution in [2.24, 2.45) is 56.2 Å². The van der Waals surface area contributed by atoms with Gasteiger partial charge >= 0.3 is 18.1 Å². The van der Waals surface area contributed by atoms with Crippen molar-refractivity contribution < 1.29 is 56.9 Å².